The third-order valence-electron chi connectivity index (χ3n) is 5.01. The number of amides is 1. The van der Waals surface area contributed by atoms with Crippen molar-refractivity contribution in [2.24, 2.45) is 0 Å². The van der Waals surface area contributed by atoms with Crippen LogP contribution in [0.3, 0.4) is 0 Å². The maximum absolute atomic E-state index is 12.2. The molecule has 0 aliphatic heterocycles. The topological polar surface area (TPSA) is 56.7 Å². The first-order valence-electron chi connectivity index (χ1n) is 9.42. The Balaban J connectivity index is 2.01. The van der Waals surface area contributed by atoms with E-state index in [-0.39, 0.29) is 12.5 Å². The zero-order valence-corrected chi connectivity index (χ0v) is 16.9. The van der Waals surface area contributed by atoms with E-state index in [1.165, 1.54) is 0 Å². The van der Waals surface area contributed by atoms with Crippen LogP contribution in [0.2, 0.25) is 0 Å². The lowest BCUT2D eigenvalue weighted by Gasteiger charge is -2.18. The Hall–Kier alpha value is -2.92. The van der Waals surface area contributed by atoms with Gasteiger partial charge in [0.1, 0.15) is 0 Å². The Bertz CT molecular complexity index is 981. The summed E-state index contributed by atoms with van der Waals surface area (Å²) in [5.74, 6) is 0.0635. The molecule has 1 N–H and O–H groups in total. The van der Waals surface area contributed by atoms with Crippen molar-refractivity contribution in [3.05, 3.63) is 59.7 Å². The Morgan fingerprint density at radius 3 is 2.43 bits per heavy atom. The lowest BCUT2D eigenvalue weighted by molar-refractivity contribution is -0.127. The first-order chi connectivity index (χ1) is 13.4. The predicted molar refractivity (Wildman–Crippen MR) is 115 cm³/mol. The van der Waals surface area contributed by atoms with Gasteiger partial charge in [-0.25, -0.2) is 4.98 Å². The second-order valence-electron chi connectivity index (χ2n) is 7.29. The van der Waals surface area contributed by atoms with Crippen LogP contribution in [0.25, 0.3) is 22.2 Å². The van der Waals surface area contributed by atoms with Gasteiger partial charge in [-0.3, -0.25) is 4.79 Å². The zero-order chi connectivity index (χ0) is 20.3. The average Bonchev–Trinajstić information content (AvgIpc) is 2.68. The molecular weight excluding hydrogens is 350 g/mol. The maximum atomic E-state index is 12.2. The highest BCUT2D eigenvalue weighted by Gasteiger charge is 2.13. The number of likely N-dealkylation sites (N-methyl/N-ethyl adjacent to an activating group) is 2. The van der Waals surface area contributed by atoms with Gasteiger partial charge >= 0.3 is 0 Å². The number of para-hydroxylation sites is 1. The summed E-state index contributed by atoms with van der Waals surface area (Å²) in [6, 6.07) is 16.3. The summed E-state index contributed by atoms with van der Waals surface area (Å²) in [6.07, 6.45) is 0.338. The molecule has 0 fully saturated rings. The van der Waals surface area contributed by atoms with E-state index in [0.717, 1.165) is 39.0 Å². The van der Waals surface area contributed by atoms with E-state index in [2.05, 4.69) is 19.1 Å². The van der Waals surface area contributed by atoms with Crippen molar-refractivity contribution in [2.45, 2.75) is 13.3 Å². The summed E-state index contributed by atoms with van der Waals surface area (Å²) < 4.78 is 0. The monoisotopic (exact) mass is 377 g/mol. The summed E-state index contributed by atoms with van der Waals surface area (Å²) in [4.78, 5) is 20.7. The van der Waals surface area contributed by atoms with Gasteiger partial charge in [-0.1, -0.05) is 30.3 Å². The lowest BCUT2D eigenvalue weighted by Crippen LogP contribution is -2.23. The molecule has 5 heteroatoms. The summed E-state index contributed by atoms with van der Waals surface area (Å²) in [7, 11) is 5.50. The quantitative estimate of drug-likeness (QED) is 0.716. The van der Waals surface area contributed by atoms with Crippen LogP contribution in [0.4, 0.5) is 5.69 Å². The molecule has 1 amide bonds. The van der Waals surface area contributed by atoms with E-state index in [9.17, 15) is 4.79 Å². The van der Waals surface area contributed by atoms with Crippen molar-refractivity contribution in [1.29, 1.82) is 0 Å². The molecule has 0 saturated heterocycles. The summed E-state index contributed by atoms with van der Waals surface area (Å²) >= 11 is 0. The number of benzene rings is 2. The number of hydrogen-bond acceptors (Lipinski definition) is 4. The van der Waals surface area contributed by atoms with E-state index in [0.29, 0.717) is 13.0 Å². The molecule has 0 aliphatic carbocycles. The molecule has 1 heterocycles. The van der Waals surface area contributed by atoms with Gasteiger partial charge in [-0.05, 0) is 36.2 Å². The fourth-order valence-electron chi connectivity index (χ4n) is 3.25. The first-order valence-corrected chi connectivity index (χ1v) is 9.42. The number of rotatable bonds is 6. The normalized spacial score (nSPS) is 10.9. The molecule has 2 aromatic carbocycles. The van der Waals surface area contributed by atoms with Crippen LogP contribution in [0, 0.1) is 6.92 Å². The van der Waals surface area contributed by atoms with E-state index < -0.39 is 0 Å². The molecule has 28 heavy (non-hydrogen) atoms. The van der Waals surface area contributed by atoms with Gasteiger partial charge in [0.2, 0.25) is 5.91 Å². The summed E-state index contributed by atoms with van der Waals surface area (Å²) in [5, 5.41) is 10.2. The number of hydrogen-bond donors (Lipinski definition) is 1. The standard InChI is InChI=1S/C23H27N3O2/c1-16-14-21(17-8-10-19(11-9-17)26(4)12-13-27)24-23-18(6-5-7-20(16)23)15-22(28)25(2)3/h5-11,14,27H,12-13,15H2,1-4H3. The Kier molecular flexibility index (Phi) is 5.95. The number of fused-ring (bicyclic) bond motifs is 1. The number of aryl methyl sites for hydroxylation is 1. The van der Waals surface area contributed by atoms with E-state index >= 15 is 0 Å². The van der Waals surface area contributed by atoms with Gasteiger partial charge in [0.05, 0.1) is 24.2 Å². The SMILES string of the molecule is Cc1cc(-c2ccc(N(C)CCO)cc2)nc2c(CC(=O)N(C)C)cccc12. The van der Waals surface area contributed by atoms with Gasteiger partial charge in [-0.15, -0.1) is 0 Å². The number of aliphatic hydroxyl groups excluding tert-OH is 1. The van der Waals surface area contributed by atoms with Crippen LogP contribution < -0.4 is 4.90 Å². The minimum Gasteiger partial charge on any atom is -0.395 e. The minimum atomic E-state index is 0.0635. The molecular formula is C23H27N3O2. The molecule has 0 radical (unpaired) electrons. The number of carbonyl (C=O) groups is 1. The third kappa shape index (κ3) is 4.15. The lowest BCUT2D eigenvalue weighted by atomic mass is 10.0. The molecule has 0 spiro atoms. The van der Waals surface area contributed by atoms with E-state index in [4.69, 9.17) is 10.1 Å². The number of pyridine rings is 1. The minimum absolute atomic E-state index is 0.0635. The molecule has 146 valence electrons. The van der Waals surface area contributed by atoms with Crippen molar-refractivity contribution in [3.8, 4) is 11.3 Å². The molecule has 3 aromatic rings. The predicted octanol–water partition coefficient (Wildman–Crippen LogP) is 3.27. The van der Waals surface area contributed by atoms with Crippen LogP contribution in [0.1, 0.15) is 11.1 Å². The fourth-order valence-corrected chi connectivity index (χ4v) is 3.25. The summed E-state index contributed by atoms with van der Waals surface area (Å²) in [6.45, 7) is 2.79. The van der Waals surface area contributed by atoms with Crippen LogP contribution in [0.15, 0.2) is 48.5 Å². The van der Waals surface area contributed by atoms with Gasteiger partial charge < -0.3 is 14.9 Å². The highest BCUT2D eigenvalue weighted by molar-refractivity contribution is 5.91. The van der Waals surface area contributed by atoms with Crippen LogP contribution >= 0.6 is 0 Å². The van der Waals surface area contributed by atoms with E-state index in [1.54, 1.807) is 19.0 Å². The highest BCUT2D eigenvalue weighted by Crippen LogP contribution is 2.28. The Morgan fingerprint density at radius 2 is 1.79 bits per heavy atom. The smallest absolute Gasteiger partial charge is 0.226 e. The van der Waals surface area contributed by atoms with Crippen molar-refractivity contribution < 1.29 is 9.90 Å². The zero-order valence-electron chi connectivity index (χ0n) is 16.9. The molecule has 3 rings (SSSR count). The summed E-state index contributed by atoms with van der Waals surface area (Å²) in [5.41, 5.74) is 5.94. The number of aliphatic hydroxyl groups is 1. The third-order valence-corrected chi connectivity index (χ3v) is 5.01. The largest absolute Gasteiger partial charge is 0.395 e. The number of anilines is 1. The van der Waals surface area contributed by atoms with E-state index in [1.807, 2.05) is 48.3 Å². The molecule has 0 atom stereocenters. The number of aromatic nitrogens is 1. The van der Waals surface area contributed by atoms with Crippen molar-refractivity contribution in [2.75, 3.05) is 39.2 Å². The molecule has 5 nitrogen and oxygen atoms in total. The highest BCUT2D eigenvalue weighted by atomic mass is 16.3. The molecule has 1 aromatic heterocycles. The first kappa shape index (κ1) is 19.8. The van der Waals surface area contributed by atoms with Crippen LogP contribution in [-0.4, -0.2) is 55.2 Å². The van der Waals surface area contributed by atoms with Gasteiger partial charge in [-0.2, -0.15) is 0 Å². The average molecular weight is 377 g/mol. The van der Waals surface area contributed by atoms with Crippen LogP contribution in [-0.2, 0) is 11.2 Å². The van der Waals surface area contributed by atoms with Crippen molar-refractivity contribution in [3.63, 3.8) is 0 Å². The second-order valence-corrected chi connectivity index (χ2v) is 7.29. The number of carbonyl (C=O) groups excluding carboxylic acids is 1. The van der Waals surface area contributed by atoms with Crippen molar-refractivity contribution >= 4 is 22.5 Å². The van der Waals surface area contributed by atoms with Crippen LogP contribution in [0.5, 0.6) is 0 Å². The molecule has 0 saturated carbocycles. The number of nitrogens with zero attached hydrogens (tertiary/aromatic N) is 3. The van der Waals surface area contributed by atoms with Crippen molar-refractivity contribution in [1.82, 2.24) is 9.88 Å². The molecule has 0 unspecified atom stereocenters. The molecule has 0 aliphatic rings. The Morgan fingerprint density at radius 1 is 1.07 bits per heavy atom. The maximum Gasteiger partial charge on any atom is 0.226 e. The van der Waals surface area contributed by atoms with Gasteiger partial charge in [0, 0.05) is 44.3 Å². The second kappa shape index (κ2) is 8.40. The molecule has 0 bridgehead atoms. The van der Waals surface area contributed by atoms with Gasteiger partial charge in [0.25, 0.3) is 0 Å². The fraction of sp³-hybridized carbons (Fsp3) is 0.304. The Labute approximate surface area is 166 Å². The van der Waals surface area contributed by atoms with Gasteiger partial charge in [0.15, 0.2) is 0 Å².